The first-order chi connectivity index (χ1) is 20.5. The molecule has 216 valence electrons. The Bertz CT molecular complexity index is 1580. The maximum Gasteiger partial charge on any atom is 0.140 e. The summed E-state index contributed by atoms with van der Waals surface area (Å²) in [5.41, 5.74) is 7.76. The molecule has 0 aliphatic heterocycles. The molecule has 5 heteroatoms. The quantitative estimate of drug-likeness (QED) is 0.144. The highest BCUT2D eigenvalue weighted by Gasteiger charge is 2.22. The van der Waals surface area contributed by atoms with Crippen LogP contribution in [0.4, 0.5) is 4.39 Å². The highest BCUT2D eigenvalue weighted by Crippen LogP contribution is 2.32. The predicted molar refractivity (Wildman–Crippen MR) is 170 cm³/mol. The third kappa shape index (κ3) is 7.34. The van der Waals surface area contributed by atoms with Crippen LogP contribution in [0.25, 0.3) is 22.6 Å². The SMILES string of the molecule is CCCCn1c(-c2ccccc2)nc(-c2ccc(F)cc2)c1CN(Cc1cccc(C)c1)Cc1cccc(OCC)c1. The number of benzene rings is 4. The lowest BCUT2D eigenvalue weighted by atomic mass is 10.1. The van der Waals surface area contributed by atoms with Gasteiger partial charge in [0.05, 0.1) is 18.0 Å². The molecule has 0 aliphatic carbocycles. The van der Waals surface area contributed by atoms with Crippen molar-refractivity contribution in [3.05, 3.63) is 131 Å². The van der Waals surface area contributed by atoms with Gasteiger partial charge in [-0.1, -0.05) is 85.6 Å². The number of aromatic nitrogens is 2. The zero-order valence-electron chi connectivity index (χ0n) is 24.9. The van der Waals surface area contributed by atoms with E-state index in [1.165, 1.54) is 28.8 Å². The van der Waals surface area contributed by atoms with Gasteiger partial charge in [-0.05, 0) is 67.8 Å². The van der Waals surface area contributed by atoms with Crippen molar-refractivity contribution in [2.75, 3.05) is 6.61 Å². The predicted octanol–water partition coefficient (Wildman–Crippen LogP) is 9.07. The lowest BCUT2D eigenvalue weighted by molar-refractivity contribution is 0.240. The van der Waals surface area contributed by atoms with E-state index in [2.05, 4.69) is 90.0 Å². The summed E-state index contributed by atoms with van der Waals surface area (Å²) in [7, 11) is 0. The van der Waals surface area contributed by atoms with Crippen LogP contribution in [0, 0.1) is 12.7 Å². The highest BCUT2D eigenvalue weighted by atomic mass is 19.1. The fourth-order valence-electron chi connectivity index (χ4n) is 5.46. The van der Waals surface area contributed by atoms with E-state index in [1.807, 2.05) is 31.2 Å². The van der Waals surface area contributed by atoms with E-state index in [-0.39, 0.29) is 5.82 Å². The van der Waals surface area contributed by atoms with Crippen LogP contribution >= 0.6 is 0 Å². The third-order valence-corrected chi connectivity index (χ3v) is 7.44. The molecule has 0 spiro atoms. The van der Waals surface area contributed by atoms with Crippen molar-refractivity contribution in [2.45, 2.75) is 59.8 Å². The first-order valence-corrected chi connectivity index (χ1v) is 14.9. The van der Waals surface area contributed by atoms with Crippen LogP contribution in [0.3, 0.4) is 0 Å². The summed E-state index contributed by atoms with van der Waals surface area (Å²) in [4.78, 5) is 7.72. The van der Waals surface area contributed by atoms with Gasteiger partial charge in [-0.3, -0.25) is 4.90 Å². The van der Waals surface area contributed by atoms with E-state index in [4.69, 9.17) is 9.72 Å². The Morgan fingerprint density at radius 2 is 1.48 bits per heavy atom. The van der Waals surface area contributed by atoms with Crippen LogP contribution in [0.1, 0.15) is 49.1 Å². The molecule has 0 bridgehead atoms. The molecule has 0 unspecified atom stereocenters. The van der Waals surface area contributed by atoms with Crippen LogP contribution < -0.4 is 4.74 Å². The van der Waals surface area contributed by atoms with Gasteiger partial charge in [0.2, 0.25) is 0 Å². The molecule has 0 atom stereocenters. The first kappa shape index (κ1) is 29.3. The van der Waals surface area contributed by atoms with Crippen LogP contribution in [-0.4, -0.2) is 21.1 Å². The second-order valence-electron chi connectivity index (χ2n) is 10.8. The van der Waals surface area contributed by atoms with E-state index >= 15 is 0 Å². The number of unbranched alkanes of at least 4 members (excludes halogenated alkanes) is 1. The van der Waals surface area contributed by atoms with Crippen molar-refractivity contribution in [3.63, 3.8) is 0 Å². The maximum atomic E-state index is 14.0. The van der Waals surface area contributed by atoms with Crippen molar-refractivity contribution < 1.29 is 9.13 Å². The summed E-state index contributed by atoms with van der Waals surface area (Å²) >= 11 is 0. The van der Waals surface area contributed by atoms with Gasteiger partial charge in [0.15, 0.2) is 0 Å². The molecule has 0 fully saturated rings. The molecule has 0 aliphatic rings. The highest BCUT2D eigenvalue weighted by molar-refractivity contribution is 5.68. The minimum atomic E-state index is -0.246. The summed E-state index contributed by atoms with van der Waals surface area (Å²) in [6.07, 6.45) is 2.12. The van der Waals surface area contributed by atoms with E-state index < -0.39 is 0 Å². The van der Waals surface area contributed by atoms with Crippen LogP contribution in [0.15, 0.2) is 103 Å². The molecule has 0 saturated carbocycles. The third-order valence-electron chi connectivity index (χ3n) is 7.44. The van der Waals surface area contributed by atoms with Crippen LogP contribution in [0.2, 0.25) is 0 Å². The second kappa shape index (κ2) is 14.1. The summed E-state index contributed by atoms with van der Waals surface area (Å²) in [6, 6.07) is 34.2. The second-order valence-corrected chi connectivity index (χ2v) is 10.8. The molecule has 4 aromatic carbocycles. The number of hydrogen-bond donors (Lipinski definition) is 0. The minimum Gasteiger partial charge on any atom is -0.494 e. The van der Waals surface area contributed by atoms with Crippen LogP contribution in [0.5, 0.6) is 5.75 Å². The summed E-state index contributed by atoms with van der Waals surface area (Å²) in [6.45, 7) is 10.1. The Balaban J connectivity index is 1.61. The zero-order chi connectivity index (χ0) is 29.3. The van der Waals surface area contributed by atoms with E-state index in [0.717, 1.165) is 66.6 Å². The summed E-state index contributed by atoms with van der Waals surface area (Å²) in [5, 5.41) is 0. The number of nitrogens with zero attached hydrogens (tertiary/aromatic N) is 3. The van der Waals surface area contributed by atoms with Gasteiger partial charge >= 0.3 is 0 Å². The molecule has 4 nitrogen and oxygen atoms in total. The smallest absolute Gasteiger partial charge is 0.140 e. The molecule has 42 heavy (non-hydrogen) atoms. The molecule has 0 N–H and O–H groups in total. The van der Waals surface area contributed by atoms with Gasteiger partial charge in [0, 0.05) is 37.3 Å². The number of aryl methyl sites for hydroxylation is 1. The van der Waals surface area contributed by atoms with E-state index in [0.29, 0.717) is 13.2 Å². The first-order valence-electron chi connectivity index (χ1n) is 14.9. The van der Waals surface area contributed by atoms with E-state index in [1.54, 1.807) is 0 Å². The fourth-order valence-corrected chi connectivity index (χ4v) is 5.46. The average molecular weight is 562 g/mol. The normalized spacial score (nSPS) is 11.3. The standard InChI is InChI=1S/C37H40FN3O/c1-4-6-22-41-35(36(31-18-20-33(38)21-19-31)39-37(41)32-15-8-7-9-16-32)27-40(25-29-13-10-12-28(3)23-29)26-30-14-11-17-34(24-30)42-5-2/h7-21,23-24H,4-6,22,25-27H2,1-3H3. The Labute approximate surface area is 249 Å². The maximum absolute atomic E-state index is 14.0. The monoisotopic (exact) mass is 561 g/mol. The Hall–Kier alpha value is -4.22. The van der Waals surface area contributed by atoms with Gasteiger partial charge < -0.3 is 9.30 Å². The van der Waals surface area contributed by atoms with Gasteiger partial charge in [0.1, 0.15) is 17.4 Å². The Morgan fingerprint density at radius 3 is 2.17 bits per heavy atom. The summed E-state index contributed by atoms with van der Waals surface area (Å²) < 4.78 is 22.2. The van der Waals surface area contributed by atoms with Crippen molar-refractivity contribution >= 4 is 0 Å². The molecular formula is C37H40FN3O. The van der Waals surface area contributed by atoms with Gasteiger partial charge in [-0.25, -0.2) is 9.37 Å². The van der Waals surface area contributed by atoms with E-state index in [9.17, 15) is 4.39 Å². The Kier molecular flexibility index (Phi) is 9.83. The summed E-state index contributed by atoms with van der Waals surface area (Å²) in [5.74, 6) is 1.59. The molecule has 5 aromatic rings. The van der Waals surface area contributed by atoms with Crippen LogP contribution in [-0.2, 0) is 26.2 Å². The van der Waals surface area contributed by atoms with Gasteiger partial charge in [0.25, 0.3) is 0 Å². The lowest BCUT2D eigenvalue weighted by Gasteiger charge is -2.25. The number of rotatable bonds is 13. The topological polar surface area (TPSA) is 30.3 Å². The largest absolute Gasteiger partial charge is 0.494 e. The van der Waals surface area contributed by atoms with Gasteiger partial charge in [-0.2, -0.15) is 0 Å². The fraction of sp³-hybridized carbons (Fsp3) is 0.270. The molecule has 1 aromatic heterocycles. The lowest BCUT2D eigenvalue weighted by Crippen LogP contribution is -2.24. The molecule has 1 heterocycles. The molecule has 0 radical (unpaired) electrons. The van der Waals surface area contributed by atoms with Crippen molar-refractivity contribution in [1.29, 1.82) is 0 Å². The molecular weight excluding hydrogens is 521 g/mol. The number of halogens is 1. The van der Waals surface area contributed by atoms with Crippen molar-refractivity contribution in [2.24, 2.45) is 0 Å². The molecule has 5 rings (SSSR count). The minimum absolute atomic E-state index is 0.246. The molecule has 0 saturated heterocycles. The van der Waals surface area contributed by atoms with Gasteiger partial charge in [-0.15, -0.1) is 0 Å². The average Bonchev–Trinajstić information content (AvgIpc) is 3.35. The van der Waals surface area contributed by atoms with Crippen molar-refractivity contribution in [1.82, 2.24) is 14.5 Å². The number of hydrogen-bond acceptors (Lipinski definition) is 3. The molecule has 0 amide bonds. The zero-order valence-corrected chi connectivity index (χ0v) is 24.9. The Morgan fingerprint density at radius 1 is 0.762 bits per heavy atom. The van der Waals surface area contributed by atoms with Crippen molar-refractivity contribution in [3.8, 4) is 28.4 Å². The number of ether oxygens (including phenoxy) is 1. The number of imidazole rings is 1.